The maximum Gasteiger partial charge on any atom is 0.407 e. The zero-order valence-electron chi connectivity index (χ0n) is 21.7. The first-order chi connectivity index (χ1) is 19.0. The zero-order valence-corrected chi connectivity index (χ0v) is 21.7. The number of benzene rings is 4. The van der Waals surface area contributed by atoms with Crippen molar-refractivity contribution in [2.45, 2.75) is 31.6 Å². The summed E-state index contributed by atoms with van der Waals surface area (Å²) in [5, 5.41) is 14.8. The fourth-order valence-electron chi connectivity index (χ4n) is 4.98. The van der Waals surface area contributed by atoms with E-state index >= 15 is 0 Å². The molecule has 0 saturated carbocycles. The monoisotopic (exact) mass is 524 g/mol. The number of ether oxygens (including phenoxy) is 2. The minimum absolute atomic E-state index is 0.0456. The fraction of sp³-hybridized carbons (Fsp3) is 0.250. The van der Waals surface area contributed by atoms with E-state index in [9.17, 15) is 14.7 Å². The molecule has 1 aliphatic heterocycles. The summed E-state index contributed by atoms with van der Waals surface area (Å²) in [4.78, 5) is 25.3. The number of piperidine rings is 1. The second-order valence-electron chi connectivity index (χ2n) is 9.77. The average Bonchev–Trinajstić information content (AvgIpc) is 2.98. The van der Waals surface area contributed by atoms with E-state index in [1.165, 1.54) is 10.3 Å². The van der Waals surface area contributed by atoms with Gasteiger partial charge in [0.25, 0.3) is 5.91 Å². The van der Waals surface area contributed by atoms with Crippen LogP contribution in [-0.4, -0.2) is 47.8 Å². The van der Waals surface area contributed by atoms with Crippen molar-refractivity contribution in [1.29, 1.82) is 0 Å². The van der Waals surface area contributed by atoms with Crippen LogP contribution in [0.4, 0.5) is 4.79 Å². The van der Waals surface area contributed by atoms with E-state index in [0.29, 0.717) is 38.4 Å². The minimum atomic E-state index is -0.929. The minimum Gasteiger partial charge on any atom is -0.484 e. The number of amides is 2. The van der Waals surface area contributed by atoms with E-state index in [-0.39, 0.29) is 24.5 Å². The molecule has 2 amide bonds. The van der Waals surface area contributed by atoms with E-state index < -0.39 is 6.09 Å². The SMILES string of the molecule is O=C(COc1ccc(C2CCN(C(=O)O)CC2OCc2ccc3ccccc3c2)cc1)NCc1ccccc1. The highest BCUT2D eigenvalue weighted by Crippen LogP contribution is 2.32. The third-order valence-corrected chi connectivity index (χ3v) is 7.12. The number of nitrogens with one attached hydrogen (secondary N) is 1. The molecule has 0 spiro atoms. The van der Waals surface area contributed by atoms with Crippen LogP contribution in [-0.2, 0) is 22.7 Å². The Labute approximate surface area is 228 Å². The number of hydrogen-bond donors (Lipinski definition) is 2. The van der Waals surface area contributed by atoms with Crippen LogP contribution >= 0.6 is 0 Å². The first-order valence-corrected chi connectivity index (χ1v) is 13.2. The molecule has 0 radical (unpaired) electrons. The molecule has 200 valence electrons. The summed E-state index contributed by atoms with van der Waals surface area (Å²) < 4.78 is 12.0. The fourth-order valence-corrected chi connectivity index (χ4v) is 4.98. The Hall–Kier alpha value is -4.36. The van der Waals surface area contributed by atoms with Gasteiger partial charge in [0.15, 0.2) is 6.61 Å². The van der Waals surface area contributed by atoms with Crippen LogP contribution in [0.2, 0.25) is 0 Å². The number of fused-ring (bicyclic) bond motifs is 1. The Bertz CT molecular complexity index is 1410. The lowest BCUT2D eigenvalue weighted by Crippen LogP contribution is -2.46. The second kappa shape index (κ2) is 12.5. The zero-order chi connectivity index (χ0) is 27.0. The molecule has 2 atom stereocenters. The molecule has 7 nitrogen and oxygen atoms in total. The van der Waals surface area contributed by atoms with Gasteiger partial charge in [-0.1, -0.05) is 78.9 Å². The van der Waals surface area contributed by atoms with Gasteiger partial charge in [0, 0.05) is 19.0 Å². The average molecular weight is 525 g/mol. The van der Waals surface area contributed by atoms with Gasteiger partial charge in [-0.2, -0.15) is 0 Å². The number of carbonyl (C=O) groups excluding carboxylic acids is 1. The van der Waals surface area contributed by atoms with E-state index in [1.807, 2.05) is 66.7 Å². The van der Waals surface area contributed by atoms with Crippen LogP contribution in [0, 0.1) is 0 Å². The van der Waals surface area contributed by atoms with Crippen molar-refractivity contribution < 1.29 is 24.2 Å². The molecule has 0 aromatic heterocycles. The van der Waals surface area contributed by atoms with Crippen molar-refractivity contribution in [3.05, 3.63) is 114 Å². The van der Waals surface area contributed by atoms with Gasteiger partial charge < -0.3 is 24.8 Å². The van der Waals surface area contributed by atoms with E-state index in [1.54, 1.807) is 0 Å². The van der Waals surface area contributed by atoms with Gasteiger partial charge in [-0.3, -0.25) is 4.79 Å². The Morgan fingerprint density at radius 1 is 0.872 bits per heavy atom. The number of likely N-dealkylation sites (tertiary alicyclic amines) is 1. The Balaban J connectivity index is 1.19. The highest BCUT2D eigenvalue weighted by Gasteiger charge is 2.33. The molecule has 39 heavy (non-hydrogen) atoms. The van der Waals surface area contributed by atoms with Crippen LogP contribution in [0.15, 0.2) is 97.1 Å². The summed E-state index contributed by atoms with van der Waals surface area (Å²) in [6.07, 6.45) is -0.546. The van der Waals surface area contributed by atoms with Gasteiger partial charge in [-0.05, 0) is 52.1 Å². The van der Waals surface area contributed by atoms with Gasteiger partial charge >= 0.3 is 6.09 Å². The molecule has 2 N–H and O–H groups in total. The van der Waals surface area contributed by atoms with Crippen molar-refractivity contribution in [3.63, 3.8) is 0 Å². The highest BCUT2D eigenvalue weighted by molar-refractivity contribution is 5.83. The van der Waals surface area contributed by atoms with Gasteiger partial charge in [0.05, 0.1) is 19.3 Å². The van der Waals surface area contributed by atoms with Crippen LogP contribution in [0.3, 0.4) is 0 Å². The molecule has 1 aliphatic rings. The number of rotatable bonds is 9. The molecule has 5 rings (SSSR count). The van der Waals surface area contributed by atoms with Crippen molar-refractivity contribution in [2.75, 3.05) is 19.7 Å². The summed E-state index contributed by atoms with van der Waals surface area (Å²) in [6.45, 7) is 1.56. The summed E-state index contributed by atoms with van der Waals surface area (Å²) >= 11 is 0. The van der Waals surface area contributed by atoms with Crippen molar-refractivity contribution in [3.8, 4) is 5.75 Å². The Morgan fingerprint density at radius 3 is 2.38 bits per heavy atom. The van der Waals surface area contributed by atoms with Crippen LogP contribution < -0.4 is 10.1 Å². The predicted octanol–water partition coefficient (Wildman–Crippen LogP) is 5.59. The molecule has 2 unspecified atom stereocenters. The first kappa shape index (κ1) is 26.3. The van der Waals surface area contributed by atoms with Gasteiger partial charge in [0.1, 0.15) is 5.75 Å². The lowest BCUT2D eigenvalue weighted by Gasteiger charge is -2.37. The topological polar surface area (TPSA) is 88.1 Å². The molecule has 4 aromatic rings. The van der Waals surface area contributed by atoms with E-state index in [4.69, 9.17) is 9.47 Å². The number of hydrogen-bond acceptors (Lipinski definition) is 4. The van der Waals surface area contributed by atoms with Crippen LogP contribution in [0.5, 0.6) is 5.75 Å². The van der Waals surface area contributed by atoms with Gasteiger partial charge in [-0.15, -0.1) is 0 Å². The van der Waals surface area contributed by atoms with Crippen molar-refractivity contribution in [2.24, 2.45) is 0 Å². The normalized spacial score (nSPS) is 17.1. The Kier molecular flexibility index (Phi) is 8.39. The molecule has 1 heterocycles. The second-order valence-corrected chi connectivity index (χ2v) is 9.77. The van der Waals surface area contributed by atoms with Crippen LogP contribution in [0.25, 0.3) is 10.8 Å². The molecular formula is C32H32N2O5. The third-order valence-electron chi connectivity index (χ3n) is 7.12. The predicted molar refractivity (Wildman–Crippen MR) is 150 cm³/mol. The van der Waals surface area contributed by atoms with Crippen molar-refractivity contribution in [1.82, 2.24) is 10.2 Å². The van der Waals surface area contributed by atoms with Crippen LogP contribution in [0.1, 0.15) is 29.0 Å². The van der Waals surface area contributed by atoms with Crippen molar-refractivity contribution >= 4 is 22.8 Å². The molecular weight excluding hydrogens is 492 g/mol. The molecule has 0 bridgehead atoms. The molecule has 1 saturated heterocycles. The molecule has 7 heteroatoms. The largest absolute Gasteiger partial charge is 0.484 e. The van der Waals surface area contributed by atoms with Gasteiger partial charge in [0.2, 0.25) is 0 Å². The number of carbonyl (C=O) groups is 2. The smallest absolute Gasteiger partial charge is 0.407 e. The number of carboxylic acid groups (broad SMARTS) is 1. The lowest BCUT2D eigenvalue weighted by atomic mass is 9.87. The lowest BCUT2D eigenvalue weighted by molar-refractivity contribution is -0.123. The summed E-state index contributed by atoms with van der Waals surface area (Å²) in [5.41, 5.74) is 3.14. The molecule has 4 aromatic carbocycles. The Morgan fingerprint density at radius 2 is 1.62 bits per heavy atom. The molecule has 0 aliphatic carbocycles. The summed E-state index contributed by atoms with van der Waals surface area (Å²) in [7, 11) is 0. The van der Waals surface area contributed by atoms with E-state index in [0.717, 1.165) is 22.1 Å². The van der Waals surface area contributed by atoms with Gasteiger partial charge in [-0.25, -0.2) is 4.79 Å². The summed E-state index contributed by atoms with van der Waals surface area (Å²) in [6, 6.07) is 31.8. The standard InChI is InChI=1S/C32H32N2O5/c35-31(33-19-23-6-2-1-3-7-23)22-38-28-14-12-26(13-15-28)29-16-17-34(32(36)37)20-30(29)39-21-24-10-11-25-8-4-5-9-27(25)18-24/h1-15,18,29-30H,16-17,19-22H2,(H,33,35)(H,36,37). The van der Waals surface area contributed by atoms with E-state index in [2.05, 4.69) is 35.6 Å². The molecule has 1 fully saturated rings. The highest BCUT2D eigenvalue weighted by atomic mass is 16.5. The first-order valence-electron chi connectivity index (χ1n) is 13.2. The summed E-state index contributed by atoms with van der Waals surface area (Å²) in [5.74, 6) is 0.459. The number of nitrogens with zero attached hydrogens (tertiary/aromatic N) is 1. The maximum atomic E-state index is 12.2. The third kappa shape index (κ3) is 6.94. The maximum absolute atomic E-state index is 12.2. The quantitative estimate of drug-likeness (QED) is 0.298.